The fourth-order valence-electron chi connectivity index (χ4n) is 4.20. The highest BCUT2D eigenvalue weighted by molar-refractivity contribution is 6.32. The lowest BCUT2D eigenvalue weighted by molar-refractivity contribution is -0.0494. The highest BCUT2D eigenvalue weighted by Gasteiger charge is 2.35. The van der Waals surface area contributed by atoms with Crippen LogP contribution in [-0.2, 0) is 11.2 Å². The Labute approximate surface area is 208 Å². The molecule has 2 aliphatic rings. The predicted octanol–water partition coefficient (Wildman–Crippen LogP) is 5.71. The van der Waals surface area contributed by atoms with Crippen molar-refractivity contribution in [2.45, 2.75) is 57.7 Å². The van der Waals surface area contributed by atoms with Gasteiger partial charge in [-0.2, -0.15) is 0 Å². The molecular formula is C26H29ClF2N2O4. The van der Waals surface area contributed by atoms with Gasteiger partial charge in [-0.3, -0.25) is 4.79 Å². The van der Waals surface area contributed by atoms with E-state index in [1.807, 2.05) is 18.2 Å². The number of halogens is 3. The Morgan fingerprint density at radius 2 is 1.80 bits per heavy atom. The number of carbonyl (C=O) groups is 2. The van der Waals surface area contributed by atoms with Crippen molar-refractivity contribution in [3.05, 3.63) is 52.5 Å². The minimum atomic E-state index is -2.69. The monoisotopic (exact) mass is 506 g/mol. The molecule has 6 nitrogen and oxygen atoms in total. The Morgan fingerprint density at radius 1 is 1.14 bits per heavy atom. The van der Waals surface area contributed by atoms with Crippen LogP contribution in [0.5, 0.6) is 5.75 Å². The van der Waals surface area contributed by atoms with E-state index < -0.39 is 17.6 Å². The highest BCUT2D eigenvalue weighted by Crippen LogP contribution is 2.39. The third kappa shape index (κ3) is 6.23. The van der Waals surface area contributed by atoms with Gasteiger partial charge in [0.15, 0.2) is 0 Å². The molecule has 2 aromatic rings. The van der Waals surface area contributed by atoms with Gasteiger partial charge in [-0.05, 0) is 56.2 Å². The van der Waals surface area contributed by atoms with E-state index in [-0.39, 0.29) is 44.5 Å². The number of hydrogen-bond donors (Lipinski definition) is 1. The molecule has 1 unspecified atom stereocenters. The molecule has 0 saturated carbocycles. The summed E-state index contributed by atoms with van der Waals surface area (Å²) in [6.07, 6.45) is -0.796. The van der Waals surface area contributed by atoms with Crippen LogP contribution in [-0.4, -0.2) is 54.2 Å². The summed E-state index contributed by atoms with van der Waals surface area (Å²) >= 11 is 6.49. The van der Waals surface area contributed by atoms with Gasteiger partial charge in [0.2, 0.25) is 0 Å². The summed E-state index contributed by atoms with van der Waals surface area (Å²) in [6.45, 7) is 5.79. The van der Waals surface area contributed by atoms with E-state index in [0.29, 0.717) is 22.8 Å². The average Bonchev–Trinajstić information content (AvgIpc) is 3.20. The molecule has 0 aliphatic carbocycles. The summed E-state index contributed by atoms with van der Waals surface area (Å²) in [7, 11) is 0. The first-order chi connectivity index (χ1) is 16.4. The minimum absolute atomic E-state index is 0.0535. The third-order valence-corrected chi connectivity index (χ3v) is 6.25. The normalized spacial score (nSPS) is 19.0. The van der Waals surface area contributed by atoms with Gasteiger partial charge in [-0.15, -0.1) is 0 Å². The summed E-state index contributed by atoms with van der Waals surface area (Å²) in [6, 6.07) is 10.8. The number of hydrogen-bond acceptors (Lipinski definition) is 4. The molecule has 4 rings (SSSR count). The summed E-state index contributed by atoms with van der Waals surface area (Å²) < 4.78 is 38.0. The number of fused-ring (bicyclic) bond motifs is 1. The number of alkyl halides is 2. The summed E-state index contributed by atoms with van der Waals surface area (Å²) in [5.41, 5.74) is 2.55. The summed E-state index contributed by atoms with van der Waals surface area (Å²) in [4.78, 5) is 26.1. The first-order valence-corrected chi connectivity index (χ1v) is 12.0. The number of likely N-dealkylation sites (tertiary alicyclic amines) is 1. The Balaban J connectivity index is 1.40. The standard InChI is InChI=1S/C26H29ClF2N2O4/c1-25(2,3)35-24(33)30-15-20-13-19-12-18(14-21(27)22(19)34-20)16-4-6-17(7-5-16)23(32)31-10-8-26(28,29)9-11-31/h4-7,12,14,20H,8-11,13,15H2,1-3H3,(H,30,33). The Kier molecular flexibility index (Phi) is 6.95. The van der Waals surface area contributed by atoms with Gasteiger partial charge in [0.05, 0.1) is 11.6 Å². The third-order valence-electron chi connectivity index (χ3n) is 5.97. The van der Waals surface area contributed by atoms with Crippen molar-refractivity contribution >= 4 is 23.6 Å². The van der Waals surface area contributed by atoms with Gasteiger partial charge in [-0.1, -0.05) is 23.7 Å². The molecule has 188 valence electrons. The second kappa shape index (κ2) is 9.64. The second-order valence-corrected chi connectivity index (χ2v) is 10.4. The van der Waals surface area contributed by atoms with Crippen LogP contribution in [0, 0.1) is 0 Å². The quantitative estimate of drug-likeness (QED) is 0.577. The number of amides is 2. The molecule has 9 heteroatoms. The molecular weight excluding hydrogens is 478 g/mol. The number of nitrogens with zero attached hydrogens (tertiary/aromatic N) is 1. The SMILES string of the molecule is CC(C)(C)OC(=O)NCC1Cc2cc(-c3ccc(C(=O)N4CCC(F)(F)CC4)cc3)cc(Cl)c2O1. The zero-order valence-corrected chi connectivity index (χ0v) is 20.8. The fraction of sp³-hybridized carbons (Fsp3) is 0.462. The van der Waals surface area contributed by atoms with Crippen molar-refractivity contribution in [1.29, 1.82) is 0 Å². The number of piperidine rings is 1. The smallest absolute Gasteiger partial charge is 0.407 e. The summed E-state index contributed by atoms with van der Waals surface area (Å²) in [5, 5.41) is 3.19. The number of ether oxygens (including phenoxy) is 2. The van der Waals surface area contributed by atoms with Crippen molar-refractivity contribution in [1.82, 2.24) is 10.2 Å². The van der Waals surface area contributed by atoms with Gasteiger partial charge in [0, 0.05) is 43.5 Å². The van der Waals surface area contributed by atoms with Crippen molar-refractivity contribution in [2.75, 3.05) is 19.6 Å². The van der Waals surface area contributed by atoms with Crippen LogP contribution in [0.1, 0.15) is 49.5 Å². The van der Waals surface area contributed by atoms with E-state index in [1.165, 1.54) is 4.90 Å². The molecule has 0 radical (unpaired) electrons. The van der Waals surface area contributed by atoms with Crippen molar-refractivity contribution in [3.63, 3.8) is 0 Å². The van der Waals surface area contributed by atoms with Gasteiger partial charge in [0.1, 0.15) is 17.5 Å². The van der Waals surface area contributed by atoms with Crippen LogP contribution in [0.25, 0.3) is 11.1 Å². The Hall–Kier alpha value is -2.87. The van der Waals surface area contributed by atoms with E-state index in [2.05, 4.69) is 5.32 Å². The van der Waals surface area contributed by atoms with E-state index >= 15 is 0 Å². The van der Waals surface area contributed by atoms with Gasteiger partial charge in [-0.25, -0.2) is 13.6 Å². The van der Waals surface area contributed by atoms with Crippen molar-refractivity contribution < 1.29 is 27.8 Å². The van der Waals surface area contributed by atoms with E-state index in [1.54, 1.807) is 39.0 Å². The van der Waals surface area contributed by atoms with E-state index in [4.69, 9.17) is 21.1 Å². The molecule has 2 aromatic carbocycles. The number of nitrogens with one attached hydrogen (secondary N) is 1. The zero-order valence-electron chi connectivity index (χ0n) is 20.0. The van der Waals surface area contributed by atoms with E-state index in [0.717, 1.165) is 16.7 Å². The second-order valence-electron chi connectivity index (χ2n) is 10.00. The van der Waals surface area contributed by atoms with E-state index in [9.17, 15) is 18.4 Å². The van der Waals surface area contributed by atoms with Crippen molar-refractivity contribution in [3.8, 4) is 16.9 Å². The van der Waals surface area contributed by atoms with Gasteiger partial charge < -0.3 is 19.7 Å². The molecule has 0 spiro atoms. The zero-order chi connectivity index (χ0) is 25.4. The minimum Gasteiger partial charge on any atom is -0.486 e. The van der Waals surface area contributed by atoms with Crippen LogP contribution >= 0.6 is 11.6 Å². The molecule has 2 aliphatic heterocycles. The topological polar surface area (TPSA) is 67.9 Å². The average molecular weight is 507 g/mol. The lowest BCUT2D eigenvalue weighted by Crippen LogP contribution is -2.42. The van der Waals surface area contributed by atoms with Gasteiger partial charge in [0.25, 0.3) is 11.8 Å². The fourth-order valence-corrected chi connectivity index (χ4v) is 4.49. The van der Waals surface area contributed by atoms with Crippen LogP contribution in [0.2, 0.25) is 5.02 Å². The maximum atomic E-state index is 13.4. The molecule has 0 aromatic heterocycles. The molecule has 2 heterocycles. The van der Waals surface area contributed by atoms with Gasteiger partial charge >= 0.3 is 6.09 Å². The Bertz CT molecular complexity index is 1110. The van der Waals surface area contributed by atoms with Crippen LogP contribution in [0.15, 0.2) is 36.4 Å². The van der Waals surface area contributed by atoms with Crippen LogP contribution in [0.3, 0.4) is 0 Å². The number of carbonyl (C=O) groups excluding carboxylic acids is 2. The molecule has 1 saturated heterocycles. The highest BCUT2D eigenvalue weighted by atomic mass is 35.5. The molecule has 35 heavy (non-hydrogen) atoms. The largest absolute Gasteiger partial charge is 0.486 e. The maximum absolute atomic E-state index is 13.4. The lowest BCUT2D eigenvalue weighted by Gasteiger charge is -2.31. The van der Waals surface area contributed by atoms with Crippen LogP contribution in [0.4, 0.5) is 13.6 Å². The van der Waals surface area contributed by atoms with Crippen LogP contribution < -0.4 is 10.1 Å². The maximum Gasteiger partial charge on any atom is 0.407 e. The summed E-state index contributed by atoms with van der Waals surface area (Å²) in [5.74, 6) is -2.34. The molecule has 1 atom stereocenters. The Morgan fingerprint density at radius 3 is 2.43 bits per heavy atom. The number of alkyl carbamates (subject to hydrolysis) is 1. The molecule has 2 amide bonds. The molecule has 1 fully saturated rings. The first-order valence-electron chi connectivity index (χ1n) is 11.6. The molecule has 1 N–H and O–H groups in total. The number of rotatable bonds is 4. The first kappa shape index (κ1) is 25.2. The predicted molar refractivity (Wildman–Crippen MR) is 129 cm³/mol. The van der Waals surface area contributed by atoms with Crippen molar-refractivity contribution in [2.24, 2.45) is 0 Å². The molecule has 0 bridgehead atoms. The number of benzene rings is 2. The lowest BCUT2D eigenvalue weighted by atomic mass is 9.99.